The number of nitroso groups, excluding NO2 is 1. The normalized spacial score (nSPS) is 10.3. The minimum Gasteiger partial charge on any atom is -0.506 e. The van der Waals surface area contributed by atoms with Crippen LogP contribution in [0.15, 0.2) is 35.5 Å². The van der Waals surface area contributed by atoms with Crippen molar-refractivity contribution < 1.29 is 9.84 Å². The third-order valence-corrected chi connectivity index (χ3v) is 2.35. The van der Waals surface area contributed by atoms with Crippen molar-refractivity contribution in [2.45, 2.75) is 6.92 Å². The molecule has 0 aliphatic rings. The molecule has 0 heterocycles. The van der Waals surface area contributed by atoms with Gasteiger partial charge in [-0.05, 0) is 35.7 Å². The molecular formula is C12H11NO3. The van der Waals surface area contributed by atoms with Gasteiger partial charge in [-0.2, -0.15) is 0 Å². The Morgan fingerprint density at radius 1 is 1.31 bits per heavy atom. The lowest BCUT2D eigenvalue weighted by Crippen LogP contribution is -1.90. The molecule has 0 atom stereocenters. The van der Waals surface area contributed by atoms with E-state index >= 15 is 0 Å². The van der Waals surface area contributed by atoms with Crippen molar-refractivity contribution in [3.05, 3.63) is 35.2 Å². The molecule has 0 aliphatic carbocycles. The van der Waals surface area contributed by atoms with Crippen LogP contribution in [0.1, 0.15) is 6.92 Å². The topological polar surface area (TPSA) is 58.9 Å². The summed E-state index contributed by atoms with van der Waals surface area (Å²) in [4.78, 5) is 10.7. The van der Waals surface area contributed by atoms with Gasteiger partial charge in [0.25, 0.3) is 0 Å². The summed E-state index contributed by atoms with van der Waals surface area (Å²) >= 11 is 0. The predicted octanol–water partition coefficient (Wildman–Crippen LogP) is 3.34. The van der Waals surface area contributed by atoms with Crippen LogP contribution in [0.25, 0.3) is 10.8 Å². The van der Waals surface area contributed by atoms with Crippen molar-refractivity contribution in [3.63, 3.8) is 0 Å². The van der Waals surface area contributed by atoms with Crippen LogP contribution in [0.3, 0.4) is 0 Å². The number of aromatic hydroxyl groups is 1. The molecule has 4 heteroatoms. The Hall–Kier alpha value is -2.10. The molecule has 2 aromatic rings. The summed E-state index contributed by atoms with van der Waals surface area (Å²) < 4.78 is 5.33. The monoisotopic (exact) mass is 217 g/mol. The van der Waals surface area contributed by atoms with Gasteiger partial charge >= 0.3 is 0 Å². The summed E-state index contributed by atoms with van der Waals surface area (Å²) in [6.07, 6.45) is 0. The van der Waals surface area contributed by atoms with Gasteiger partial charge in [-0.25, -0.2) is 0 Å². The average molecular weight is 217 g/mol. The minimum atomic E-state index is -0.115. The van der Waals surface area contributed by atoms with Crippen molar-refractivity contribution in [2.24, 2.45) is 5.18 Å². The Kier molecular flexibility index (Phi) is 2.72. The van der Waals surface area contributed by atoms with Gasteiger partial charge < -0.3 is 9.84 Å². The highest BCUT2D eigenvalue weighted by molar-refractivity contribution is 5.96. The van der Waals surface area contributed by atoms with Crippen LogP contribution in [0.5, 0.6) is 11.5 Å². The maximum absolute atomic E-state index is 10.7. The van der Waals surface area contributed by atoms with Crippen LogP contribution < -0.4 is 4.74 Å². The van der Waals surface area contributed by atoms with Gasteiger partial charge in [-0.3, -0.25) is 0 Å². The molecule has 0 bridgehead atoms. The van der Waals surface area contributed by atoms with E-state index < -0.39 is 0 Å². The third-order valence-electron chi connectivity index (χ3n) is 2.35. The number of nitrogens with zero attached hydrogens (tertiary/aromatic N) is 1. The smallest absolute Gasteiger partial charge is 0.157 e. The van der Waals surface area contributed by atoms with Crippen LogP contribution in [0, 0.1) is 4.91 Å². The molecule has 0 aliphatic heterocycles. The first-order valence-corrected chi connectivity index (χ1v) is 4.98. The van der Waals surface area contributed by atoms with E-state index in [1.807, 2.05) is 19.1 Å². The zero-order chi connectivity index (χ0) is 11.5. The molecule has 2 rings (SSSR count). The second-order valence-electron chi connectivity index (χ2n) is 3.34. The summed E-state index contributed by atoms with van der Waals surface area (Å²) in [7, 11) is 0. The van der Waals surface area contributed by atoms with Crippen molar-refractivity contribution in [1.29, 1.82) is 0 Å². The first kappa shape index (κ1) is 10.4. The highest BCUT2D eigenvalue weighted by Gasteiger charge is 2.08. The van der Waals surface area contributed by atoms with E-state index in [9.17, 15) is 10.0 Å². The molecule has 0 radical (unpaired) electrons. The van der Waals surface area contributed by atoms with E-state index in [1.54, 1.807) is 12.1 Å². The minimum absolute atomic E-state index is 0.0547. The number of ether oxygens (including phenoxy) is 1. The van der Waals surface area contributed by atoms with Crippen molar-refractivity contribution in [2.75, 3.05) is 6.61 Å². The Balaban J connectivity index is 2.68. The number of phenolic OH excluding ortho intramolecular Hbond substituents is 1. The van der Waals surface area contributed by atoms with Crippen LogP contribution in [-0.4, -0.2) is 11.7 Å². The molecule has 2 aromatic carbocycles. The molecule has 0 saturated heterocycles. The maximum Gasteiger partial charge on any atom is 0.157 e. The van der Waals surface area contributed by atoms with E-state index in [1.165, 1.54) is 6.07 Å². The van der Waals surface area contributed by atoms with Gasteiger partial charge in [-0.15, -0.1) is 4.91 Å². The molecule has 16 heavy (non-hydrogen) atoms. The fourth-order valence-electron chi connectivity index (χ4n) is 1.62. The van der Waals surface area contributed by atoms with Crippen molar-refractivity contribution in [1.82, 2.24) is 0 Å². The molecule has 0 amide bonds. The fraction of sp³-hybridized carbons (Fsp3) is 0.167. The Labute approximate surface area is 92.4 Å². The number of hydrogen-bond acceptors (Lipinski definition) is 4. The largest absolute Gasteiger partial charge is 0.506 e. The van der Waals surface area contributed by atoms with Gasteiger partial charge in [0.2, 0.25) is 0 Å². The summed E-state index contributed by atoms with van der Waals surface area (Å²) in [5, 5.41) is 13.8. The molecule has 1 N–H and O–H groups in total. The number of phenols is 1. The van der Waals surface area contributed by atoms with E-state index in [0.717, 1.165) is 5.39 Å². The first-order valence-electron chi connectivity index (χ1n) is 4.98. The average Bonchev–Trinajstić information content (AvgIpc) is 2.29. The Morgan fingerprint density at radius 3 is 2.75 bits per heavy atom. The van der Waals surface area contributed by atoms with E-state index in [4.69, 9.17) is 4.74 Å². The Morgan fingerprint density at radius 2 is 2.06 bits per heavy atom. The molecule has 0 saturated carbocycles. The van der Waals surface area contributed by atoms with Crippen molar-refractivity contribution >= 4 is 16.5 Å². The molecular weight excluding hydrogens is 206 g/mol. The quantitative estimate of drug-likeness (QED) is 0.802. The van der Waals surface area contributed by atoms with E-state index in [-0.39, 0.29) is 11.4 Å². The number of benzene rings is 2. The second-order valence-corrected chi connectivity index (χ2v) is 3.34. The van der Waals surface area contributed by atoms with Gasteiger partial charge in [0.05, 0.1) is 6.61 Å². The van der Waals surface area contributed by atoms with Crippen molar-refractivity contribution in [3.8, 4) is 11.5 Å². The van der Waals surface area contributed by atoms with Crippen LogP contribution in [0.4, 0.5) is 5.69 Å². The highest BCUT2D eigenvalue weighted by atomic mass is 16.5. The van der Waals surface area contributed by atoms with Gasteiger partial charge in [0, 0.05) is 5.39 Å². The molecule has 0 unspecified atom stereocenters. The third kappa shape index (κ3) is 1.69. The summed E-state index contributed by atoms with van der Waals surface area (Å²) in [5.41, 5.74) is 0.0547. The zero-order valence-corrected chi connectivity index (χ0v) is 8.80. The number of rotatable bonds is 3. The summed E-state index contributed by atoms with van der Waals surface area (Å²) in [6.45, 7) is 2.43. The molecule has 82 valence electrons. The van der Waals surface area contributed by atoms with Crippen LogP contribution in [-0.2, 0) is 0 Å². The molecule has 4 nitrogen and oxygen atoms in total. The zero-order valence-electron chi connectivity index (χ0n) is 8.80. The molecule has 0 spiro atoms. The van der Waals surface area contributed by atoms with E-state index in [2.05, 4.69) is 5.18 Å². The van der Waals surface area contributed by atoms with Gasteiger partial charge in [0.1, 0.15) is 11.5 Å². The lowest BCUT2D eigenvalue weighted by molar-refractivity contribution is 0.341. The molecule has 0 aromatic heterocycles. The lowest BCUT2D eigenvalue weighted by atomic mass is 10.1. The van der Waals surface area contributed by atoms with Gasteiger partial charge in [-0.1, -0.05) is 12.1 Å². The van der Waals surface area contributed by atoms with Crippen LogP contribution >= 0.6 is 0 Å². The Bertz CT molecular complexity index is 537. The highest BCUT2D eigenvalue weighted by Crippen LogP contribution is 2.36. The molecule has 0 fully saturated rings. The maximum atomic E-state index is 10.7. The SMILES string of the molecule is CCOc1ccc2ccc(O)c(N=O)c2c1. The van der Waals surface area contributed by atoms with Gasteiger partial charge in [0.15, 0.2) is 5.69 Å². The first-order chi connectivity index (χ1) is 7.76. The van der Waals surface area contributed by atoms with E-state index in [0.29, 0.717) is 17.7 Å². The number of hydrogen-bond donors (Lipinski definition) is 1. The second kappa shape index (κ2) is 4.18. The number of fused-ring (bicyclic) bond motifs is 1. The predicted molar refractivity (Wildman–Crippen MR) is 62.2 cm³/mol. The summed E-state index contributed by atoms with van der Waals surface area (Å²) in [5.74, 6) is 0.543. The standard InChI is InChI=1S/C12H11NO3/c1-2-16-9-5-3-8-4-6-11(14)12(13-15)10(8)7-9/h3-7,14H,2H2,1H3. The van der Waals surface area contributed by atoms with Crippen LogP contribution in [0.2, 0.25) is 0 Å². The fourth-order valence-corrected chi connectivity index (χ4v) is 1.62. The lowest BCUT2D eigenvalue weighted by Gasteiger charge is -2.06. The summed E-state index contributed by atoms with van der Waals surface area (Å²) in [6, 6.07) is 8.54.